The number of rotatable bonds is 65. The SMILES string of the molecule is CCCC/C=C\CCCCCCCC(=O)OCC(COC(=O)CCCCCCCCCCCCCCCCCCCCCCCCC/C=C\CCCCCCCCCC)OC(=O)CCCCCCCCCCCCCCC. The Morgan fingerprint density at radius 2 is 0.442 bits per heavy atom. The Labute approximate surface area is 481 Å². The highest BCUT2D eigenvalue weighted by molar-refractivity contribution is 5.71. The molecule has 0 aliphatic heterocycles. The fourth-order valence-corrected chi connectivity index (χ4v) is 10.7. The summed E-state index contributed by atoms with van der Waals surface area (Å²) >= 11 is 0. The van der Waals surface area contributed by atoms with Crippen molar-refractivity contribution in [1.29, 1.82) is 0 Å². The first-order valence-corrected chi connectivity index (χ1v) is 34.8. The van der Waals surface area contributed by atoms with Crippen molar-refractivity contribution < 1.29 is 28.6 Å². The molecule has 0 aromatic rings. The molecule has 0 rings (SSSR count). The van der Waals surface area contributed by atoms with Crippen LogP contribution in [0.2, 0.25) is 0 Å². The second kappa shape index (κ2) is 66.4. The van der Waals surface area contributed by atoms with Crippen LogP contribution in [0.3, 0.4) is 0 Å². The molecule has 6 heteroatoms. The van der Waals surface area contributed by atoms with Crippen molar-refractivity contribution >= 4 is 17.9 Å². The van der Waals surface area contributed by atoms with E-state index >= 15 is 0 Å². The van der Waals surface area contributed by atoms with Gasteiger partial charge in [-0.1, -0.05) is 334 Å². The molecule has 454 valence electrons. The van der Waals surface area contributed by atoms with Gasteiger partial charge in [-0.3, -0.25) is 14.4 Å². The molecule has 0 saturated heterocycles. The average molecular weight is 1080 g/mol. The quantitative estimate of drug-likeness (QED) is 0.0261. The minimum absolute atomic E-state index is 0.0676. The molecule has 0 radical (unpaired) electrons. The van der Waals surface area contributed by atoms with Crippen LogP contribution in [-0.2, 0) is 28.6 Å². The van der Waals surface area contributed by atoms with Crippen LogP contribution >= 0.6 is 0 Å². The molecular weight excluding hydrogens is 949 g/mol. The summed E-state index contributed by atoms with van der Waals surface area (Å²) in [6, 6.07) is 0. The molecule has 0 aliphatic rings. The van der Waals surface area contributed by atoms with Crippen molar-refractivity contribution in [1.82, 2.24) is 0 Å². The summed E-state index contributed by atoms with van der Waals surface area (Å²) in [5.41, 5.74) is 0. The first kappa shape index (κ1) is 74.9. The molecule has 0 N–H and O–H groups in total. The lowest BCUT2D eigenvalue weighted by Gasteiger charge is -2.18. The normalized spacial score (nSPS) is 12.1. The number of carbonyl (C=O) groups excluding carboxylic acids is 3. The van der Waals surface area contributed by atoms with Crippen LogP contribution in [-0.4, -0.2) is 37.2 Å². The largest absolute Gasteiger partial charge is 0.462 e. The van der Waals surface area contributed by atoms with Crippen molar-refractivity contribution in [3.05, 3.63) is 24.3 Å². The van der Waals surface area contributed by atoms with Crippen molar-refractivity contribution in [3.63, 3.8) is 0 Å². The Balaban J connectivity index is 3.96. The van der Waals surface area contributed by atoms with Crippen LogP contribution in [0.25, 0.3) is 0 Å². The van der Waals surface area contributed by atoms with E-state index in [1.54, 1.807) is 0 Å². The molecule has 0 aliphatic carbocycles. The molecule has 0 fully saturated rings. The van der Waals surface area contributed by atoms with E-state index in [0.717, 1.165) is 64.2 Å². The number of hydrogen-bond acceptors (Lipinski definition) is 6. The van der Waals surface area contributed by atoms with Gasteiger partial charge in [-0.05, 0) is 64.2 Å². The Morgan fingerprint density at radius 1 is 0.247 bits per heavy atom. The first-order chi connectivity index (χ1) is 38.0. The number of allylic oxidation sites excluding steroid dienone is 4. The lowest BCUT2D eigenvalue weighted by Crippen LogP contribution is -2.30. The van der Waals surface area contributed by atoms with Crippen molar-refractivity contribution in [3.8, 4) is 0 Å². The number of ether oxygens (including phenoxy) is 3. The van der Waals surface area contributed by atoms with Crippen LogP contribution < -0.4 is 0 Å². The highest BCUT2D eigenvalue weighted by Crippen LogP contribution is 2.19. The maximum atomic E-state index is 12.9. The van der Waals surface area contributed by atoms with Crippen molar-refractivity contribution in [2.75, 3.05) is 13.2 Å². The van der Waals surface area contributed by atoms with Gasteiger partial charge >= 0.3 is 17.9 Å². The monoisotopic (exact) mass is 1080 g/mol. The second-order valence-corrected chi connectivity index (χ2v) is 23.8. The van der Waals surface area contributed by atoms with Gasteiger partial charge in [0, 0.05) is 19.3 Å². The summed E-state index contributed by atoms with van der Waals surface area (Å²) in [5.74, 6) is -0.852. The van der Waals surface area contributed by atoms with E-state index in [0.29, 0.717) is 19.3 Å². The highest BCUT2D eigenvalue weighted by Gasteiger charge is 2.19. The van der Waals surface area contributed by atoms with E-state index in [9.17, 15) is 14.4 Å². The van der Waals surface area contributed by atoms with Gasteiger partial charge in [0.2, 0.25) is 0 Å². The third-order valence-electron chi connectivity index (χ3n) is 15.9. The number of carbonyl (C=O) groups is 3. The molecule has 0 aromatic heterocycles. The predicted octanol–water partition coefficient (Wildman–Crippen LogP) is 23.8. The van der Waals surface area contributed by atoms with E-state index in [2.05, 4.69) is 45.1 Å². The average Bonchev–Trinajstić information content (AvgIpc) is 3.43. The third-order valence-corrected chi connectivity index (χ3v) is 15.9. The van der Waals surface area contributed by atoms with Gasteiger partial charge in [0.25, 0.3) is 0 Å². The molecule has 77 heavy (non-hydrogen) atoms. The standard InChI is InChI=1S/C71H134O6/c1-4-7-10-13-16-19-22-24-25-26-27-28-29-30-31-32-33-34-35-36-37-38-39-40-41-42-43-44-45-47-49-52-55-58-61-64-70(73)76-67-68(66-75-69(72)63-60-57-54-51-48-21-18-15-12-9-6-3)77-71(74)65-62-59-56-53-50-46-23-20-17-14-11-8-5-2/h15,18,26-27,68H,4-14,16-17,19-25,28-67H2,1-3H3/b18-15-,27-26-. The van der Waals surface area contributed by atoms with Gasteiger partial charge in [-0.15, -0.1) is 0 Å². The van der Waals surface area contributed by atoms with E-state index in [-0.39, 0.29) is 31.1 Å². The van der Waals surface area contributed by atoms with Gasteiger partial charge in [0.15, 0.2) is 6.10 Å². The molecule has 0 amide bonds. The summed E-state index contributed by atoms with van der Waals surface area (Å²) in [6.07, 6.45) is 80.9. The molecule has 0 saturated carbocycles. The Hall–Kier alpha value is -2.11. The van der Waals surface area contributed by atoms with Crippen LogP contribution in [0, 0.1) is 0 Å². The van der Waals surface area contributed by atoms with Crippen LogP contribution in [0.5, 0.6) is 0 Å². The first-order valence-electron chi connectivity index (χ1n) is 34.8. The maximum Gasteiger partial charge on any atom is 0.306 e. The molecule has 1 atom stereocenters. The van der Waals surface area contributed by atoms with Gasteiger partial charge in [-0.2, -0.15) is 0 Å². The van der Waals surface area contributed by atoms with Gasteiger partial charge in [-0.25, -0.2) is 0 Å². The summed E-state index contributed by atoms with van der Waals surface area (Å²) in [6.45, 7) is 6.65. The lowest BCUT2D eigenvalue weighted by atomic mass is 10.0. The molecule has 0 bridgehead atoms. The summed E-state index contributed by atoms with van der Waals surface area (Å²) in [4.78, 5) is 38.2. The van der Waals surface area contributed by atoms with Crippen molar-refractivity contribution in [2.24, 2.45) is 0 Å². The van der Waals surface area contributed by atoms with Crippen LogP contribution in [0.4, 0.5) is 0 Å². The minimum Gasteiger partial charge on any atom is -0.462 e. The minimum atomic E-state index is -0.769. The smallest absolute Gasteiger partial charge is 0.306 e. The summed E-state index contributed by atoms with van der Waals surface area (Å²) in [7, 11) is 0. The predicted molar refractivity (Wildman–Crippen MR) is 335 cm³/mol. The molecule has 0 heterocycles. The summed E-state index contributed by atoms with van der Waals surface area (Å²) < 4.78 is 16.9. The van der Waals surface area contributed by atoms with Crippen LogP contribution in [0.1, 0.15) is 393 Å². The lowest BCUT2D eigenvalue weighted by molar-refractivity contribution is -0.167. The zero-order valence-corrected chi connectivity index (χ0v) is 52.3. The van der Waals surface area contributed by atoms with E-state index in [4.69, 9.17) is 14.2 Å². The molecule has 0 aromatic carbocycles. The number of hydrogen-bond donors (Lipinski definition) is 0. The molecule has 6 nitrogen and oxygen atoms in total. The highest BCUT2D eigenvalue weighted by atomic mass is 16.6. The second-order valence-electron chi connectivity index (χ2n) is 23.8. The van der Waals surface area contributed by atoms with Gasteiger partial charge in [0.1, 0.15) is 13.2 Å². The Bertz CT molecular complexity index is 1240. The molecular formula is C71H134O6. The topological polar surface area (TPSA) is 78.9 Å². The number of esters is 3. The van der Waals surface area contributed by atoms with Crippen molar-refractivity contribution in [2.45, 2.75) is 399 Å². The third kappa shape index (κ3) is 64.6. The number of unbranched alkanes of at least 4 members (excludes halogenated alkanes) is 50. The summed E-state index contributed by atoms with van der Waals surface area (Å²) in [5, 5.41) is 0. The zero-order chi connectivity index (χ0) is 55.7. The van der Waals surface area contributed by atoms with Gasteiger partial charge in [0.05, 0.1) is 0 Å². The van der Waals surface area contributed by atoms with Crippen LogP contribution in [0.15, 0.2) is 24.3 Å². The Morgan fingerprint density at radius 3 is 0.688 bits per heavy atom. The fraction of sp³-hybridized carbons (Fsp3) is 0.901. The van der Waals surface area contributed by atoms with E-state index < -0.39 is 6.10 Å². The zero-order valence-electron chi connectivity index (χ0n) is 52.3. The molecule has 0 spiro atoms. The fourth-order valence-electron chi connectivity index (χ4n) is 10.7. The Kier molecular flexibility index (Phi) is 64.6. The maximum absolute atomic E-state index is 12.9. The van der Waals surface area contributed by atoms with Gasteiger partial charge < -0.3 is 14.2 Å². The van der Waals surface area contributed by atoms with E-state index in [1.165, 1.54) is 289 Å². The molecule has 1 unspecified atom stereocenters. The van der Waals surface area contributed by atoms with E-state index in [1.807, 2.05) is 0 Å².